The van der Waals surface area contributed by atoms with E-state index >= 15 is 0 Å². The van der Waals surface area contributed by atoms with Gasteiger partial charge < -0.3 is 20.6 Å². The number of anilines is 1. The molecule has 1 fully saturated rings. The molecule has 3 aromatic heterocycles. The molecule has 0 amide bonds. The molecule has 0 spiro atoms. The van der Waals surface area contributed by atoms with Gasteiger partial charge in [0.25, 0.3) is 0 Å². The van der Waals surface area contributed by atoms with E-state index in [1.807, 2.05) is 0 Å². The Morgan fingerprint density at radius 3 is 2.85 bits per heavy atom. The molecule has 204 valence electrons. The van der Waals surface area contributed by atoms with Crippen LogP contribution >= 0.6 is 0 Å². The second-order valence-electron chi connectivity index (χ2n) is 9.27. The summed E-state index contributed by atoms with van der Waals surface area (Å²) in [6.45, 7) is 0.921. The highest BCUT2D eigenvalue weighted by Crippen LogP contribution is 2.24. The van der Waals surface area contributed by atoms with Gasteiger partial charge >= 0.3 is 11.7 Å². The van der Waals surface area contributed by atoms with Gasteiger partial charge in [0.15, 0.2) is 17.9 Å². The SMILES string of the molecule is C[C@H](N)C(=O)OCn1c(O)c(C=c2cnn3c(=NC4CC4)cc(-c4cccc(NS(C)(=O)=O)c4)nc23)[nH]c1=O. The number of aromatic amines is 1. The molecule has 39 heavy (non-hydrogen) atoms. The zero-order chi connectivity index (χ0) is 27.9. The van der Waals surface area contributed by atoms with E-state index in [0.717, 1.165) is 23.7 Å². The molecular weight excluding hydrogens is 528 g/mol. The zero-order valence-corrected chi connectivity index (χ0v) is 21.8. The van der Waals surface area contributed by atoms with Crippen LogP contribution in [0.4, 0.5) is 5.69 Å². The number of ether oxygens (including phenoxy) is 1. The zero-order valence-electron chi connectivity index (χ0n) is 21.0. The van der Waals surface area contributed by atoms with Crippen molar-refractivity contribution >= 4 is 33.4 Å². The maximum Gasteiger partial charge on any atom is 0.331 e. The fraction of sp³-hybridized carbons (Fsp3) is 0.292. The maximum absolute atomic E-state index is 12.4. The maximum atomic E-state index is 12.4. The molecule has 1 aliphatic rings. The van der Waals surface area contributed by atoms with E-state index in [1.165, 1.54) is 19.2 Å². The van der Waals surface area contributed by atoms with Crippen LogP contribution in [0.1, 0.15) is 25.5 Å². The number of carbonyl (C=O) groups excluding carboxylic acids is 1. The van der Waals surface area contributed by atoms with Gasteiger partial charge in [-0.15, -0.1) is 0 Å². The minimum absolute atomic E-state index is 0.0546. The van der Waals surface area contributed by atoms with Crippen LogP contribution in [-0.4, -0.2) is 62.0 Å². The van der Waals surface area contributed by atoms with Gasteiger partial charge in [-0.1, -0.05) is 12.1 Å². The van der Waals surface area contributed by atoms with Crippen molar-refractivity contribution < 1.29 is 23.1 Å². The Morgan fingerprint density at radius 2 is 2.15 bits per heavy atom. The lowest BCUT2D eigenvalue weighted by atomic mass is 10.1. The number of carbonyl (C=O) groups is 1. The van der Waals surface area contributed by atoms with Crippen molar-refractivity contribution in [2.75, 3.05) is 11.0 Å². The van der Waals surface area contributed by atoms with Gasteiger partial charge in [-0.05, 0) is 38.0 Å². The lowest BCUT2D eigenvalue weighted by Gasteiger charge is -2.07. The third-order valence-corrected chi connectivity index (χ3v) is 6.40. The van der Waals surface area contributed by atoms with Crippen LogP contribution in [0.15, 0.2) is 46.3 Å². The van der Waals surface area contributed by atoms with Gasteiger partial charge in [-0.25, -0.2) is 22.8 Å². The molecule has 0 unspecified atom stereocenters. The van der Waals surface area contributed by atoms with E-state index < -0.39 is 40.3 Å². The van der Waals surface area contributed by atoms with Crippen LogP contribution in [0.3, 0.4) is 0 Å². The van der Waals surface area contributed by atoms with Gasteiger partial charge in [-0.3, -0.25) is 14.5 Å². The lowest BCUT2D eigenvalue weighted by molar-refractivity contribution is -0.148. The molecule has 1 aliphatic carbocycles. The summed E-state index contributed by atoms with van der Waals surface area (Å²) in [6.07, 6.45) is 6.00. The number of nitrogens with one attached hydrogen (secondary N) is 2. The number of aromatic nitrogens is 5. The number of H-pyrrole nitrogens is 1. The molecule has 5 N–H and O–H groups in total. The topological polar surface area (TPSA) is 199 Å². The van der Waals surface area contributed by atoms with Crippen molar-refractivity contribution in [1.29, 1.82) is 0 Å². The largest absolute Gasteiger partial charge is 0.493 e. The number of hydrogen-bond acceptors (Lipinski definition) is 10. The van der Waals surface area contributed by atoms with Crippen molar-refractivity contribution in [3.8, 4) is 17.1 Å². The van der Waals surface area contributed by atoms with Gasteiger partial charge in [0, 0.05) is 22.5 Å². The number of benzene rings is 1. The van der Waals surface area contributed by atoms with E-state index in [-0.39, 0.29) is 11.7 Å². The Labute approximate surface area is 221 Å². The molecule has 1 saturated carbocycles. The van der Waals surface area contributed by atoms with E-state index in [2.05, 4.69) is 14.8 Å². The van der Waals surface area contributed by atoms with Crippen molar-refractivity contribution in [2.24, 2.45) is 10.7 Å². The normalized spacial score (nSPS) is 15.6. The first-order valence-electron chi connectivity index (χ1n) is 11.9. The second-order valence-corrected chi connectivity index (χ2v) is 11.0. The average Bonchev–Trinajstić information content (AvgIpc) is 3.53. The molecule has 5 rings (SSSR count). The third-order valence-electron chi connectivity index (χ3n) is 5.79. The third kappa shape index (κ3) is 5.83. The van der Waals surface area contributed by atoms with Crippen LogP contribution < -0.4 is 26.9 Å². The molecule has 0 saturated heterocycles. The first kappa shape index (κ1) is 26.1. The summed E-state index contributed by atoms with van der Waals surface area (Å²) in [5.74, 6) is -1.18. The Bertz CT molecular complexity index is 1870. The molecule has 0 bridgehead atoms. The summed E-state index contributed by atoms with van der Waals surface area (Å²) in [6, 6.07) is 7.85. The highest BCUT2D eigenvalue weighted by Gasteiger charge is 2.21. The monoisotopic (exact) mass is 554 g/mol. The predicted octanol–water partition coefficient (Wildman–Crippen LogP) is -0.578. The number of aromatic hydroxyl groups is 1. The van der Waals surface area contributed by atoms with Crippen LogP contribution in [0.25, 0.3) is 23.0 Å². The quantitative estimate of drug-likeness (QED) is 0.206. The summed E-state index contributed by atoms with van der Waals surface area (Å²) in [7, 11) is -3.47. The van der Waals surface area contributed by atoms with E-state index in [4.69, 9.17) is 20.4 Å². The van der Waals surface area contributed by atoms with Crippen molar-refractivity contribution in [2.45, 2.75) is 38.6 Å². The predicted molar refractivity (Wildman–Crippen MR) is 141 cm³/mol. The first-order valence-corrected chi connectivity index (χ1v) is 13.8. The fourth-order valence-electron chi connectivity index (χ4n) is 3.77. The number of nitrogens with two attached hydrogens (primary N) is 1. The summed E-state index contributed by atoms with van der Waals surface area (Å²) < 4.78 is 33.2. The van der Waals surface area contributed by atoms with Crippen LogP contribution in [0, 0.1) is 0 Å². The van der Waals surface area contributed by atoms with Gasteiger partial charge in [0.2, 0.25) is 15.9 Å². The van der Waals surface area contributed by atoms with Crippen LogP contribution in [-0.2, 0) is 26.3 Å². The standard InChI is InChI=1S/C24H26N8O6S/c1-13(25)23(34)38-12-31-22(33)19(29-24(31)35)9-15-11-26-32-20(27-16-6-7-16)10-18(28-21(15)32)14-4-3-5-17(8-14)30-39(2,36)37/h3-5,8-11,13,16,30,33H,6-7,12,25H2,1-2H3,(H,29,35)/t13-/m0/s1. The summed E-state index contributed by atoms with van der Waals surface area (Å²) >= 11 is 0. The molecular formula is C24H26N8O6S. The molecule has 0 aliphatic heterocycles. The highest BCUT2D eigenvalue weighted by molar-refractivity contribution is 7.92. The second kappa shape index (κ2) is 9.99. The number of imidazole rings is 1. The Kier molecular flexibility index (Phi) is 6.69. The number of sulfonamides is 1. The molecule has 14 nitrogen and oxygen atoms in total. The summed E-state index contributed by atoms with van der Waals surface area (Å²) in [5, 5.41) is 15.5. The molecule has 0 radical (unpaired) electrons. The Hall–Kier alpha value is -4.50. The van der Waals surface area contributed by atoms with E-state index in [9.17, 15) is 23.1 Å². The summed E-state index contributed by atoms with van der Waals surface area (Å²) in [5.41, 5.74) is 7.32. The number of esters is 1. The van der Waals surface area contributed by atoms with Crippen LogP contribution in [0.2, 0.25) is 0 Å². The Morgan fingerprint density at radius 1 is 1.38 bits per heavy atom. The average molecular weight is 555 g/mol. The van der Waals surface area contributed by atoms with Gasteiger partial charge in [0.1, 0.15) is 11.7 Å². The first-order chi connectivity index (χ1) is 18.5. The van der Waals surface area contributed by atoms with E-state index in [0.29, 0.717) is 33.3 Å². The molecule has 1 atom stereocenters. The minimum atomic E-state index is -3.47. The van der Waals surface area contributed by atoms with Crippen LogP contribution in [0.5, 0.6) is 5.88 Å². The van der Waals surface area contributed by atoms with Crippen molar-refractivity contribution in [3.63, 3.8) is 0 Å². The summed E-state index contributed by atoms with van der Waals surface area (Å²) in [4.78, 5) is 36.1. The lowest BCUT2D eigenvalue weighted by Crippen LogP contribution is -2.30. The highest BCUT2D eigenvalue weighted by atomic mass is 32.2. The number of fused-ring (bicyclic) bond motifs is 1. The minimum Gasteiger partial charge on any atom is -0.493 e. The van der Waals surface area contributed by atoms with Crippen molar-refractivity contribution in [3.05, 3.63) is 63.4 Å². The van der Waals surface area contributed by atoms with Crippen molar-refractivity contribution in [1.82, 2.24) is 24.1 Å². The number of hydrogen-bond donors (Lipinski definition) is 4. The number of rotatable bonds is 8. The smallest absolute Gasteiger partial charge is 0.331 e. The van der Waals surface area contributed by atoms with E-state index in [1.54, 1.807) is 34.8 Å². The number of nitrogens with zero attached hydrogens (tertiary/aromatic N) is 5. The van der Waals surface area contributed by atoms with Gasteiger partial charge in [-0.2, -0.15) is 9.61 Å². The molecule has 15 heteroatoms. The van der Waals surface area contributed by atoms with Gasteiger partial charge in [0.05, 0.1) is 24.2 Å². The Balaban J connectivity index is 1.61. The molecule has 3 heterocycles. The molecule has 1 aromatic carbocycles. The molecule has 4 aromatic rings. The fourth-order valence-corrected chi connectivity index (χ4v) is 4.32.